The number of ether oxygens (including phenoxy) is 1. The second kappa shape index (κ2) is 13.9. The predicted molar refractivity (Wildman–Crippen MR) is 213 cm³/mol. The van der Waals surface area contributed by atoms with E-state index >= 15 is 0 Å². The van der Waals surface area contributed by atoms with Gasteiger partial charge in [0, 0.05) is 40.4 Å². The first kappa shape index (κ1) is 34.3. The topological polar surface area (TPSA) is 44.9 Å². The zero-order valence-electron chi connectivity index (χ0n) is 31.4. The Balaban J connectivity index is 1.30. The van der Waals surface area contributed by atoms with Crippen molar-refractivity contribution in [3.63, 3.8) is 0 Å². The van der Waals surface area contributed by atoms with E-state index in [9.17, 15) is 0 Å². The lowest BCUT2D eigenvalue weighted by molar-refractivity contribution is 0.228. The Morgan fingerprint density at radius 1 is 0.765 bits per heavy atom. The first-order valence-corrected chi connectivity index (χ1v) is 18.5. The van der Waals surface area contributed by atoms with Crippen molar-refractivity contribution in [2.24, 2.45) is 11.3 Å². The van der Waals surface area contributed by atoms with Crippen LogP contribution in [0.25, 0.3) is 44.4 Å². The van der Waals surface area contributed by atoms with E-state index in [0.717, 1.165) is 70.3 Å². The van der Waals surface area contributed by atoms with E-state index in [-0.39, 0.29) is 5.41 Å². The molecule has 5 nitrogen and oxygen atoms in total. The van der Waals surface area contributed by atoms with Gasteiger partial charge in [0.2, 0.25) is 0 Å². The van der Waals surface area contributed by atoms with Crippen molar-refractivity contribution in [1.29, 1.82) is 0 Å². The first-order valence-electron chi connectivity index (χ1n) is 18.5. The van der Waals surface area contributed by atoms with Crippen molar-refractivity contribution < 1.29 is 4.74 Å². The van der Waals surface area contributed by atoms with E-state index in [2.05, 4.69) is 145 Å². The van der Waals surface area contributed by atoms with Gasteiger partial charge in [-0.2, -0.15) is 5.10 Å². The summed E-state index contributed by atoms with van der Waals surface area (Å²) < 4.78 is 11.0. The third kappa shape index (κ3) is 6.70. The van der Waals surface area contributed by atoms with E-state index < -0.39 is 0 Å². The number of nitrogens with zero attached hydrogens (tertiary/aromatic N) is 4. The fraction of sp³-hybridized carbons (Fsp3) is 0.304. The van der Waals surface area contributed by atoms with E-state index in [0.29, 0.717) is 11.8 Å². The van der Waals surface area contributed by atoms with Crippen LogP contribution in [0.1, 0.15) is 82.8 Å². The molecule has 51 heavy (non-hydrogen) atoms. The minimum atomic E-state index is 0.216. The van der Waals surface area contributed by atoms with Crippen LogP contribution in [0.4, 0.5) is 0 Å². The molecule has 3 heterocycles. The van der Waals surface area contributed by atoms with Gasteiger partial charge in [-0.25, -0.2) is 9.67 Å². The molecule has 4 aromatic carbocycles. The number of hydrogen-bond acceptors (Lipinski definition) is 3. The van der Waals surface area contributed by atoms with Crippen LogP contribution in [0.15, 0.2) is 109 Å². The first-order chi connectivity index (χ1) is 24.5. The number of fused-ring (bicyclic) bond motifs is 3. The van der Waals surface area contributed by atoms with Gasteiger partial charge in [-0.1, -0.05) is 90.4 Å². The Hall–Kier alpha value is -5.16. The summed E-state index contributed by atoms with van der Waals surface area (Å²) in [6.07, 6.45) is 5.32. The summed E-state index contributed by atoms with van der Waals surface area (Å²) >= 11 is 0. The maximum Gasteiger partial charge on any atom is 0.137 e. The monoisotopic (exact) mass is 674 g/mol. The van der Waals surface area contributed by atoms with Crippen molar-refractivity contribution in [3.8, 4) is 34.1 Å². The minimum Gasteiger partial charge on any atom is -0.457 e. The minimum absolute atomic E-state index is 0.216. The summed E-state index contributed by atoms with van der Waals surface area (Å²) in [5, 5.41) is 7.37. The van der Waals surface area contributed by atoms with Crippen molar-refractivity contribution >= 4 is 21.8 Å². The Morgan fingerprint density at radius 3 is 2.31 bits per heavy atom. The average Bonchev–Trinajstić information content (AvgIpc) is 3.62. The SMILES string of the molecule is CCCCc1ccnc(-n2c3ccc(C(C)C(C)C(C)(C)C)cc3c3ccc(Oc4cccc(-n5nc(C)c(-c6ccccc6)c5C)c4)cc32)c1. The molecule has 3 aromatic heterocycles. The Kier molecular flexibility index (Phi) is 9.32. The maximum atomic E-state index is 6.63. The van der Waals surface area contributed by atoms with Crippen LogP contribution in [-0.4, -0.2) is 19.3 Å². The molecule has 260 valence electrons. The molecule has 0 bridgehead atoms. The van der Waals surface area contributed by atoms with Gasteiger partial charge in [-0.05, 0) is 109 Å². The van der Waals surface area contributed by atoms with Crippen LogP contribution in [0.2, 0.25) is 0 Å². The molecule has 7 rings (SSSR count). The van der Waals surface area contributed by atoms with Gasteiger partial charge < -0.3 is 4.74 Å². The highest BCUT2D eigenvalue weighted by molar-refractivity contribution is 6.09. The highest BCUT2D eigenvalue weighted by Gasteiger charge is 2.27. The molecule has 0 aliphatic heterocycles. The predicted octanol–water partition coefficient (Wildman–Crippen LogP) is 12.6. The van der Waals surface area contributed by atoms with Crippen LogP contribution in [0.3, 0.4) is 0 Å². The summed E-state index contributed by atoms with van der Waals surface area (Å²) in [5.74, 6) is 3.42. The van der Waals surface area contributed by atoms with Gasteiger partial charge in [-0.15, -0.1) is 0 Å². The van der Waals surface area contributed by atoms with Crippen LogP contribution in [0, 0.1) is 25.2 Å². The lowest BCUT2D eigenvalue weighted by Gasteiger charge is -2.32. The highest BCUT2D eigenvalue weighted by atomic mass is 16.5. The van der Waals surface area contributed by atoms with E-state index in [1.54, 1.807) is 0 Å². The summed E-state index contributed by atoms with van der Waals surface area (Å²) in [5.41, 5.74) is 10.5. The molecule has 7 aromatic rings. The molecule has 0 radical (unpaired) electrons. The number of aryl methyl sites for hydroxylation is 2. The zero-order valence-corrected chi connectivity index (χ0v) is 31.4. The van der Waals surface area contributed by atoms with Gasteiger partial charge in [0.25, 0.3) is 0 Å². The fourth-order valence-corrected chi connectivity index (χ4v) is 7.50. The third-order valence-electron chi connectivity index (χ3n) is 10.9. The van der Waals surface area contributed by atoms with Crippen molar-refractivity contribution in [2.45, 2.75) is 80.6 Å². The normalized spacial score (nSPS) is 13.2. The molecule has 0 aliphatic rings. The largest absolute Gasteiger partial charge is 0.457 e. The van der Waals surface area contributed by atoms with E-state index in [1.807, 2.05) is 29.1 Å². The number of benzene rings is 4. The molecule has 0 N–H and O–H groups in total. The van der Waals surface area contributed by atoms with Gasteiger partial charge in [0.1, 0.15) is 17.3 Å². The molecular formula is C46H50N4O. The third-order valence-corrected chi connectivity index (χ3v) is 10.9. The van der Waals surface area contributed by atoms with Gasteiger partial charge >= 0.3 is 0 Å². The van der Waals surface area contributed by atoms with Gasteiger partial charge in [0.05, 0.1) is 22.4 Å². The number of unbranched alkanes of at least 4 members (excludes halogenated alkanes) is 1. The Labute approximate surface area is 302 Å². The van der Waals surface area contributed by atoms with Crippen molar-refractivity contribution in [2.75, 3.05) is 0 Å². The van der Waals surface area contributed by atoms with Crippen LogP contribution < -0.4 is 4.74 Å². The standard InChI is InChI=1S/C46H50N4O/c1-9-10-15-34-24-25-47-44(26-34)49-42-23-20-36(30(2)31(3)46(6,7)8)27-41(42)40-22-21-39(29-43(40)49)51-38-19-14-18-37(28-38)50-33(5)45(32(4)48-50)35-16-12-11-13-17-35/h11-14,16-31H,9-10,15H2,1-8H3. The lowest BCUT2D eigenvalue weighted by Crippen LogP contribution is -2.22. The molecule has 0 saturated carbocycles. The van der Waals surface area contributed by atoms with Crippen LogP contribution in [0.5, 0.6) is 11.5 Å². The molecule has 2 unspecified atom stereocenters. The average molecular weight is 675 g/mol. The summed E-state index contributed by atoms with van der Waals surface area (Å²) in [7, 11) is 0. The van der Waals surface area contributed by atoms with Crippen molar-refractivity contribution in [3.05, 3.63) is 132 Å². The van der Waals surface area contributed by atoms with Gasteiger partial charge in [0.15, 0.2) is 0 Å². The molecule has 5 heteroatoms. The lowest BCUT2D eigenvalue weighted by atomic mass is 9.72. The summed E-state index contributed by atoms with van der Waals surface area (Å²) in [6, 6.07) is 36.5. The molecule has 0 amide bonds. The number of aromatic nitrogens is 4. The molecular weight excluding hydrogens is 625 g/mol. The molecule has 0 saturated heterocycles. The number of rotatable bonds is 10. The van der Waals surface area contributed by atoms with E-state index in [4.69, 9.17) is 14.8 Å². The maximum absolute atomic E-state index is 6.63. The molecule has 0 fully saturated rings. The second-order valence-corrected chi connectivity index (χ2v) is 15.3. The Morgan fingerprint density at radius 2 is 1.55 bits per heavy atom. The molecule has 2 atom stereocenters. The fourth-order valence-electron chi connectivity index (χ4n) is 7.50. The van der Waals surface area contributed by atoms with E-state index in [1.165, 1.54) is 27.5 Å². The quantitative estimate of drug-likeness (QED) is 0.145. The number of pyridine rings is 1. The van der Waals surface area contributed by atoms with Crippen LogP contribution in [-0.2, 0) is 6.42 Å². The van der Waals surface area contributed by atoms with Gasteiger partial charge in [-0.3, -0.25) is 4.57 Å². The zero-order chi connectivity index (χ0) is 35.9. The van der Waals surface area contributed by atoms with Crippen molar-refractivity contribution in [1.82, 2.24) is 19.3 Å². The number of hydrogen-bond donors (Lipinski definition) is 0. The van der Waals surface area contributed by atoms with Crippen LogP contribution >= 0.6 is 0 Å². The molecule has 0 aliphatic carbocycles. The Bertz CT molecular complexity index is 2320. The summed E-state index contributed by atoms with van der Waals surface area (Å²) in [4.78, 5) is 4.92. The smallest absolute Gasteiger partial charge is 0.137 e. The highest BCUT2D eigenvalue weighted by Crippen LogP contribution is 2.41. The second-order valence-electron chi connectivity index (χ2n) is 15.3. The molecule has 0 spiro atoms. The summed E-state index contributed by atoms with van der Waals surface area (Å²) in [6.45, 7) is 18.2.